The van der Waals surface area contributed by atoms with Gasteiger partial charge in [-0.25, -0.2) is 9.97 Å². The third-order valence-corrected chi connectivity index (χ3v) is 3.93. The van der Waals surface area contributed by atoms with Crippen LogP contribution in [0.15, 0.2) is 60.8 Å². The van der Waals surface area contributed by atoms with Crippen LogP contribution in [0.2, 0.25) is 0 Å². The van der Waals surface area contributed by atoms with Crippen LogP contribution in [0.25, 0.3) is 0 Å². The summed E-state index contributed by atoms with van der Waals surface area (Å²) in [7, 11) is 0. The lowest BCUT2D eigenvalue weighted by Gasteiger charge is -2.14. The smallest absolute Gasteiger partial charge is 0.274 e. The van der Waals surface area contributed by atoms with Gasteiger partial charge in [-0.05, 0) is 63.2 Å². The minimum absolute atomic E-state index is 0.00630. The summed E-state index contributed by atoms with van der Waals surface area (Å²) >= 11 is 0. The fourth-order valence-electron chi connectivity index (χ4n) is 2.58. The number of hydrogen-bond donors (Lipinski definition) is 2. The lowest BCUT2D eigenvalue weighted by Crippen LogP contribution is -2.16. The number of ether oxygens (including phenoxy) is 1. The molecule has 3 rings (SSSR count). The number of nitrogens with one attached hydrogen (secondary N) is 2. The predicted molar refractivity (Wildman–Crippen MR) is 112 cm³/mol. The molecule has 0 fully saturated rings. The van der Waals surface area contributed by atoms with E-state index in [1.54, 1.807) is 36.4 Å². The van der Waals surface area contributed by atoms with Crippen LogP contribution in [-0.2, 0) is 0 Å². The number of Topliss-reactive ketones (excluding diaryl/α,β-unsaturated/α-hetero) is 1. The van der Waals surface area contributed by atoms with E-state index < -0.39 is 0 Å². The Hall–Kier alpha value is -3.74. The van der Waals surface area contributed by atoms with Crippen molar-refractivity contribution < 1.29 is 14.3 Å². The Labute approximate surface area is 169 Å². The first-order valence-electron chi connectivity index (χ1n) is 9.20. The summed E-state index contributed by atoms with van der Waals surface area (Å²) in [6.07, 6.45) is 1.49. The molecule has 2 aromatic carbocycles. The van der Waals surface area contributed by atoms with Gasteiger partial charge in [0, 0.05) is 17.4 Å². The van der Waals surface area contributed by atoms with Gasteiger partial charge in [-0.1, -0.05) is 12.1 Å². The molecular weight excluding hydrogens is 368 g/mol. The molecule has 148 valence electrons. The Morgan fingerprint density at radius 1 is 1.00 bits per heavy atom. The maximum Gasteiger partial charge on any atom is 0.274 e. The van der Waals surface area contributed by atoms with Crippen molar-refractivity contribution in [3.8, 4) is 5.75 Å². The van der Waals surface area contributed by atoms with Crippen molar-refractivity contribution in [1.82, 2.24) is 9.97 Å². The van der Waals surface area contributed by atoms with Gasteiger partial charge in [0.15, 0.2) is 5.78 Å². The molecule has 7 heteroatoms. The van der Waals surface area contributed by atoms with Gasteiger partial charge in [0.2, 0.25) is 5.95 Å². The summed E-state index contributed by atoms with van der Waals surface area (Å²) in [4.78, 5) is 32.4. The van der Waals surface area contributed by atoms with Crippen LogP contribution in [0.3, 0.4) is 0 Å². The van der Waals surface area contributed by atoms with Crippen molar-refractivity contribution in [2.75, 3.05) is 10.6 Å². The molecule has 0 atom stereocenters. The third-order valence-electron chi connectivity index (χ3n) is 3.93. The Balaban J connectivity index is 1.74. The first kappa shape index (κ1) is 20.0. The molecule has 0 unspecified atom stereocenters. The van der Waals surface area contributed by atoms with Gasteiger partial charge in [0.1, 0.15) is 11.4 Å². The number of anilines is 3. The van der Waals surface area contributed by atoms with E-state index in [4.69, 9.17) is 4.74 Å². The first-order chi connectivity index (χ1) is 13.9. The third kappa shape index (κ3) is 5.38. The molecule has 1 heterocycles. The maximum atomic E-state index is 12.7. The fraction of sp³-hybridized carbons (Fsp3) is 0.182. The SMILES string of the molecule is CC(=O)c1ccc(Nc2nccc(C(=O)Nc3ccccc3OC(C)C)n2)cc1. The molecule has 1 aromatic heterocycles. The van der Waals surface area contributed by atoms with Gasteiger partial charge < -0.3 is 15.4 Å². The maximum absolute atomic E-state index is 12.7. The standard InChI is InChI=1S/C22H22N4O3/c1-14(2)29-20-7-5-4-6-18(20)25-21(28)19-12-13-23-22(26-19)24-17-10-8-16(9-11-17)15(3)27/h4-14H,1-3H3,(H,25,28)(H,23,24,26). The van der Waals surface area contributed by atoms with E-state index >= 15 is 0 Å². The molecule has 7 nitrogen and oxygen atoms in total. The fourth-order valence-corrected chi connectivity index (χ4v) is 2.58. The van der Waals surface area contributed by atoms with Crippen LogP contribution in [-0.4, -0.2) is 27.8 Å². The second-order valence-electron chi connectivity index (χ2n) is 6.64. The molecule has 1 amide bonds. The van der Waals surface area contributed by atoms with Gasteiger partial charge in [0.05, 0.1) is 11.8 Å². The molecule has 0 aliphatic carbocycles. The number of nitrogens with zero attached hydrogens (tertiary/aromatic N) is 2. The second-order valence-corrected chi connectivity index (χ2v) is 6.64. The average Bonchev–Trinajstić information content (AvgIpc) is 2.69. The number of aromatic nitrogens is 2. The molecule has 2 N–H and O–H groups in total. The van der Waals surface area contributed by atoms with Crippen molar-refractivity contribution in [2.45, 2.75) is 26.9 Å². The minimum atomic E-state index is -0.373. The summed E-state index contributed by atoms with van der Waals surface area (Å²) < 4.78 is 5.73. The van der Waals surface area contributed by atoms with E-state index in [1.165, 1.54) is 19.2 Å². The highest BCUT2D eigenvalue weighted by atomic mass is 16.5. The molecule has 0 aliphatic rings. The Bertz CT molecular complexity index is 1020. The summed E-state index contributed by atoms with van der Waals surface area (Å²) in [6, 6.07) is 15.7. The molecule has 29 heavy (non-hydrogen) atoms. The summed E-state index contributed by atoms with van der Waals surface area (Å²) in [5.41, 5.74) is 2.11. The molecule has 0 saturated heterocycles. The van der Waals surface area contributed by atoms with Crippen molar-refractivity contribution >= 4 is 29.0 Å². The number of amides is 1. The number of carbonyl (C=O) groups excluding carboxylic acids is 2. The number of carbonyl (C=O) groups is 2. The van der Waals surface area contributed by atoms with E-state index in [0.29, 0.717) is 22.7 Å². The molecule has 3 aromatic rings. The highest BCUT2D eigenvalue weighted by Crippen LogP contribution is 2.25. The van der Waals surface area contributed by atoms with Crippen LogP contribution in [0.1, 0.15) is 41.6 Å². The lowest BCUT2D eigenvalue weighted by molar-refractivity contribution is 0.101. The molecular formula is C22H22N4O3. The monoisotopic (exact) mass is 390 g/mol. The van der Waals surface area contributed by atoms with Crippen LogP contribution in [0.4, 0.5) is 17.3 Å². The van der Waals surface area contributed by atoms with Gasteiger partial charge in [-0.3, -0.25) is 9.59 Å². The number of hydrogen-bond acceptors (Lipinski definition) is 6. The zero-order valence-electron chi connectivity index (χ0n) is 16.5. The number of rotatable bonds is 7. The summed E-state index contributed by atoms with van der Waals surface area (Å²) in [5, 5.41) is 5.85. The number of ketones is 1. The number of para-hydroxylation sites is 2. The van der Waals surface area contributed by atoms with Crippen LogP contribution in [0.5, 0.6) is 5.75 Å². The van der Waals surface area contributed by atoms with Gasteiger partial charge in [0.25, 0.3) is 5.91 Å². The zero-order valence-corrected chi connectivity index (χ0v) is 16.5. The van der Waals surface area contributed by atoms with Gasteiger partial charge in [-0.15, -0.1) is 0 Å². The van der Waals surface area contributed by atoms with E-state index in [2.05, 4.69) is 20.6 Å². The molecule has 0 spiro atoms. The van der Waals surface area contributed by atoms with Crippen LogP contribution < -0.4 is 15.4 Å². The summed E-state index contributed by atoms with van der Waals surface area (Å²) in [5.74, 6) is 0.490. The quantitative estimate of drug-likeness (QED) is 0.579. The second kappa shape index (κ2) is 8.97. The highest BCUT2D eigenvalue weighted by molar-refractivity contribution is 6.03. The molecule has 0 radical (unpaired) electrons. The Morgan fingerprint density at radius 3 is 2.41 bits per heavy atom. The zero-order chi connectivity index (χ0) is 20.8. The highest BCUT2D eigenvalue weighted by Gasteiger charge is 2.13. The van der Waals surface area contributed by atoms with E-state index in [-0.39, 0.29) is 29.4 Å². The Kier molecular flexibility index (Phi) is 6.19. The summed E-state index contributed by atoms with van der Waals surface area (Å²) in [6.45, 7) is 5.35. The van der Waals surface area contributed by atoms with Crippen molar-refractivity contribution in [3.05, 3.63) is 72.1 Å². The average molecular weight is 390 g/mol. The van der Waals surface area contributed by atoms with Gasteiger partial charge >= 0.3 is 0 Å². The first-order valence-corrected chi connectivity index (χ1v) is 9.20. The lowest BCUT2D eigenvalue weighted by atomic mass is 10.1. The molecule has 0 aliphatic heterocycles. The van der Waals surface area contributed by atoms with E-state index in [0.717, 1.165) is 0 Å². The topological polar surface area (TPSA) is 93.2 Å². The molecule has 0 bridgehead atoms. The van der Waals surface area contributed by atoms with Crippen molar-refractivity contribution in [3.63, 3.8) is 0 Å². The van der Waals surface area contributed by atoms with Crippen molar-refractivity contribution in [2.24, 2.45) is 0 Å². The number of benzene rings is 2. The minimum Gasteiger partial charge on any atom is -0.489 e. The van der Waals surface area contributed by atoms with Crippen LogP contribution >= 0.6 is 0 Å². The normalized spacial score (nSPS) is 10.5. The largest absolute Gasteiger partial charge is 0.489 e. The van der Waals surface area contributed by atoms with Gasteiger partial charge in [-0.2, -0.15) is 0 Å². The van der Waals surface area contributed by atoms with Crippen molar-refractivity contribution in [1.29, 1.82) is 0 Å². The van der Waals surface area contributed by atoms with E-state index in [1.807, 2.05) is 26.0 Å². The van der Waals surface area contributed by atoms with E-state index in [9.17, 15) is 9.59 Å². The Morgan fingerprint density at radius 2 is 1.72 bits per heavy atom. The molecule has 0 saturated carbocycles. The van der Waals surface area contributed by atoms with Crippen LogP contribution in [0, 0.1) is 0 Å². The predicted octanol–water partition coefficient (Wildman–Crippen LogP) is 4.46.